The zero-order valence-corrected chi connectivity index (χ0v) is 21.5. The minimum Gasteiger partial charge on any atom is -0.497 e. The number of nitrogens with one attached hydrogen (secondary N) is 1. The number of rotatable bonds is 10. The van der Waals surface area contributed by atoms with E-state index in [0.29, 0.717) is 29.9 Å². The van der Waals surface area contributed by atoms with Gasteiger partial charge >= 0.3 is 0 Å². The van der Waals surface area contributed by atoms with Crippen molar-refractivity contribution in [3.05, 3.63) is 81.7 Å². The molecular formula is C27H33FN6O2. The van der Waals surface area contributed by atoms with Crippen LogP contribution in [0.2, 0.25) is 0 Å². The van der Waals surface area contributed by atoms with Crippen LogP contribution < -0.4 is 10.3 Å². The Morgan fingerprint density at radius 2 is 1.86 bits per heavy atom. The molecule has 4 rings (SSSR count). The molecule has 0 aliphatic rings. The summed E-state index contributed by atoms with van der Waals surface area (Å²) in [6.07, 6.45) is 1.58. The number of methoxy groups -OCH3 is 1. The fourth-order valence-corrected chi connectivity index (χ4v) is 4.38. The number of fused-ring (bicyclic) bond motifs is 1. The van der Waals surface area contributed by atoms with E-state index in [1.54, 1.807) is 19.2 Å². The van der Waals surface area contributed by atoms with Gasteiger partial charge in [0.05, 0.1) is 24.2 Å². The summed E-state index contributed by atoms with van der Waals surface area (Å²) in [6.45, 7) is 9.26. The van der Waals surface area contributed by atoms with E-state index in [0.717, 1.165) is 29.6 Å². The van der Waals surface area contributed by atoms with Crippen molar-refractivity contribution in [3.8, 4) is 5.75 Å². The number of H-pyrrole nitrogens is 1. The molecule has 190 valence electrons. The lowest BCUT2D eigenvalue weighted by molar-refractivity contribution is 0.150. The van der Waals surface area contributed by atoms with Crippen molar-refractivity contribution in [3.63, 3.8) is 0 Å². The summed E-state index contributed by atoms with van der Waals surface area (Å²) in [5.41, 5.74) is 1.84. The fraction of sp³-hybridized carbons (Fsp3) is 0.407. The van der Waals surface area contributed by atoms with Crippen LogP contribution in [0.25, 0.3) is 10.9 Å². The van der Waals surface area contributed by atoms with E-state index >= 15 is 0 Å². The molecule has 2 aromatic heterocycles. The Hall–Kier alpha value is -3.59. The molecule has 0 amide bonds. The van der Waals surface area contributed by atoms with Gasteiger partial charge < -0.3 is 9.72 Å². The molecule has 0 aliphatic carbocycles. The van der Waals surface area contributed by atoms with Crippen molar-refractivity contribution in [2.24, 2.45) is 0 Å². The minimum absolute atomic E-state index is 0.164. The van der Waals surface area contributed by atoms with Crippen LogP contribution in [0.3, 0.4) is 0 Å². The summed E-state index contributed by atoms with van der Waals surface area (Å²) in [4.78, 5) is 18.3. The number of hydrogen-bond donors (Lipinski definition) is 1. The highest BCUT2D eigenvalue weighted by Gasteiger charge is 2.31. The highest BCUT2D eigenvalue weighted by Crippen LogP contribution is 2.30. The molecule has 9 heteroatoms. The van der Waals surface area contributed by atoms with Crippen LogP contribution in [0.5, 0.6) is 5.75 Å². The lowest BCUT2D eigenvalue weighted by atomic mass is 10.0. The molecule has 0 bridgehead atoms. The van der Waals surface area contributed by atoms with Gasteiger partial charge in [0.1, 0.15) is 11.6 Å². The predicted octanol–water partition coefficient (Wildman–Crippen LogP) is 4.96. The van der Waals surface area contributed by atoms with Gasteiger partial charge in [0, 0.05) is 24.7 Å². The van der Waals surface area contributed by atoms with Crippen LogP contribution in [0.4, 0.5) is 4.39 Å². The third kappa shape index (κ3) is 5.31. The molecule has 0 saturated carbocycles. The number of tetrazole rings is 1. The SMILES string of the molecule is CC[C@H](c1nnnn1C(C)(C)CC)N(Cc1ccc(F)cc1)Cc1cc2ccc(OC)cc2[nH]c1=O. The molecule has 0 unspecified atom stereocenters. The van der Waals surface area contributed by atoms with Crippen molar-refractivity contribution < 1.29 is 9.13 Å². The number of halogens is 1. The van der Waals surface area contributed by atoms with Crippen LogP contribution in [-0.2, 0) is 18.6 Å². The summed E-state index contributed by atoms with van der Waals surface area (Å²) < 4.78 is 20.8. The van der Waals surface area contributed by atoms with Gasteiger partial charge in [-0.05, 0) is 78.4 Å². The second kappa shape index (κ2) is 10.6. The smallest absolute Gasteiger partial charge is 0.252 e. The average molecular weight is 493 g/mol. The fourth-order valence-electron chi connectivity index (χ4n) is 4.38. The lowest BCUT2D eigenvalue weighted by Gasteiger charge is -2.33. The third-order valence-electron chi connectivity index (χ3n) is 6.86. The molecule has 2 aromatic carbocycles. The van der Waals surface area contributed by atoms with Crippen molar-refractivity contribution in [2.45, 2.75) is 65.2 Å². The maximum Gasteiger partial charge on any atom is 0.252 e. The Bertz CT molecular complexity index is 1380. The Balaban J connectivity index is 1.76. The second-order valence-electron chi connectivity index (χ2n) is 9.65. The number of aromatic amines is 1. The van der Waals surface area contributed by atoms with Gasteiger partial charge in [-0.3, -0.25) is 9.69 Å². The first-order valence-electron chi connectivity index (χ1n) is 12.2. The molecule has 8 nitrogen and oxygen atoms in total. The maximum absolute atomic E-state index is 13.6. The largest absolute Gasteiger partial charge is 0.497 e. The van der Waals surface area contributed by atoms with Crippen molar-refractivity contribution >= 4 is 10.9 Å². The first kappa shape index (κ1) is 25.5. The molecule has 4 aromatic rings. The second-order valence-corrected chi connectivity index (χ2v) is 9.65. The van der Waals surface area contributed by atoms with E-state index in [2.05, 4.69) is 53.1 Å². The highest BCUT2D eigenvalue weighted by atomic mass is 19.1. The van der Waals surface area contributed by atoms with E-state index < -0.39 is 0 Å². The topological polar surface area (TPSA) is 88.9 Å². The van der Waals surface area contributed by atoms with Gasteiger partial charge in [-0.25, -0.2) is 9.07 Å². The zero-order valence-electron chi connectivity index (χ0n) is 21.5. The van der Waals surface area contributed by atoms with Gasteiger partial charge in [0.15, 0.2) is 5.82 Å². The average Bonchev–Trinajstić information content (AvgIpc) is 3.36. The van der Waals surface area contributed by atoms with E-state index in [9.17, 15) is 9.18 Å². The molecule has 0 saturated heterocycles. The highest BCUT2D eigenvalue weighted by molar-refractivity contribution is 5.80. The molecule has 2 heterocycles. The van der Waals surface area contributed by atoms with Crippen molar-refractivity contribution in [1.82, 2.24) is 30.1 Å². The molecule has 0 radical (unpaired) electrons. The lowest BCUT2D eigenvalue weighted by Crippen LogP contribution is -2.36. The van der Waals surface area contributed by atoms with Crippen LogP contribution >= 0.6 is 0 Å². The van der Waals surface area contributed by atoms with Crippen LogP contribution in [-0.4, -0.2) is 37.2 Å². The molecule has 0 fully saturated rings. The Morgan fingerprint density at radius 1 is 1.11 bits per heavy atom. The summed E-state index contributed by atoms with van der Waals surface area (Å²) in [7, 11) is 1.60. The summed E-state index contributed by atoms with van der Waals surface area (Å²) >= 11 is 0. The van der Waals surface area contributed by atoms with Gasteiger partial charge in [-0.1, -0.05) is 26.0 Å². The molecule has 1 atom stereocenters. The van der Waals surface area contributed by atoms with Crippen LogP contribution in [0.1, 0.15) is 63.5 Å². The minimum atomic E-state index is -0.285. The molecule has 0 spiro atoms. The molecule has 1 N–H and O–H groups in total. The quantitative estimate of drug-likeness (QED) is 0.337. The van der Waals surface area contributed by atoms with E-state index in [1.807, 2.05) is 28.9 Å². The number of aromatic nitrogens is 5. The molecular weight excluding hydrogens is 459 g/mol. The van der Waals surface area contributed by atoms with Gasteiger partial charge in [-0.15, -0.1) is 5.10 Å². The zero-order chi connectivity index (χ0) is 25.9. The Kier molecular flexibility index (Phi) is 7.49. The first-order valence-corrected chi connectivity index (χ1v) is 12.2. The number of hydrogen-bond acceptors (Lipinski definition) is 6. The van der Waals surface area contributed by atoms with Gasteiger partial charge in [-0.2, -0.15) is 0 Å². The number of benzene rings is 2. The first-order chi connectivity index (χ1) is 17.2. The molecule has 36 heavy (non-hydrogen) atoms. The van der Waals surface area contributed by atoms with Crippen molar-refractivity contribution in [2.75, 3.05) is 7.11 Å². The standard InChI is InChI=1S/C27H33FN6O2/c1-6-24(25-30-31-32-34(25)27(3,4)7-2)33(16-18-8-11-21(28)12-9-18)17-20-14-19-10-13-22(36-5)15-23(19)29-26(20)35/h8-15,24H,6-7,16-17H2,1-5H3,(H,29,35)/t24-/m1/s1. The maximum atomic E-state index is 13.6. The Labute approximate surface area is 210 Å². The van der Waals surface area contributed by atoms with Gasteiger partial charge in [0.25, 0.3) is 5.56 Å². The summed E-state index contributed by atoms with van der Waals surface area (Å²) in [5.74, 6) is 1.14. The molecule has 0 aliphatic heterocycles. The van der Waals surface area contributed by atoms with E-state index in [4.69, 9.17) is 4.74 Å². The van der Waals surface area contributed by atoms with E-state index in [1.165, 1.54) is 12.1 Å². The van der Waals surface area contributed by atoms with E-state index in [-0.39, 0.29) is 23.0 Å². The van der Waals surface area contributed by atoms with Crippen LogP contribution in [0.15, 0.2) is 53.3 Å². The monoisotopic (exact) mass is 492 g/mol. The number of ether oxygens (including phenoxy) is 1. The summed E-state index contributed by atoms with van der Waals surface area (Å²) in [5, 5.41) is 13.6. The summed E-state index contributed by atoms with van der Waals surface area (Å²) in [6, 6.07) is 13.8. The van der Waals surface area contributed by atoms with Crippen molar-refractivity contribution in [1.29, 1.82) is 0 Å². The Morgan fingerprint density at radius 3 is 2.53 bits per heavy atom. The van der Waals surface area contributed by atoms with Gasteiger partial charge in [0.2, 0.25) is 0 Å². The normalized spacial score (nSPS) is 12.9. The number of pyridine rings is 1. The predicted molar refractivity (Wildman–Crippen MR) is 137 cm³/mol. The number of nitrogens with zero attached hydrogens (tertiary/aromatic N) is 5. The third-order valence-corrected chi connectivity index (χ3v) is 6.86. The van der Waals surface area contributed by atoms with Crippen LogP contribution in [0, 0.1) is 5.82 Å².